The van der Waals surface area contributed by atoms with Crippen LogP contribution in [0.2, 0.25) is 0 Å². The molecule has 1 N–H and O–H groups in total. The number of imide groups is 1. The summed E-state index contributed by atoms with van der Waals surface area (Å²) in [7, 11) is 0. The molecule has 0 bridgehead atoms. The van der Waals surface area contributed by atoms with Gasteiger partial charge in [0.15, 0.2) is 0 Å². The third-order valence-electron chi connectivity index (χ3n) is 7.60. The molecule has 4 nitrogen and oxygen atoms in total. The SMILES string of the molecule is O=C1[C@H]2[C@H]3CCCCCC[C@@H]3c3c([nH]c4ccccc34)[C@H]2C(=O)N1c1ccccc1. The van der Waals surface area contributed by atoms with Gasteiger partial charge in [0, 0.05) is 16.6 Å². The molecule has 2 aliphatic carbocycles. The molecule has 2 aromatic carbocycles. The number of benzene rings is 2. The lowest BCUT2D eigenvalue weighted by Gasteiger charge is -2.39. The van der Waals surface area contributed by atoms with E-state index in [1.165, 1.54) is 35.1 Å². The van der Waals surface area contributed by atoms with Crippen molar-refractivity contribution in [3.05, 3.63) is 65.9 Å². The van der Waals surface area contributed by atoms with E-state index in [-0.39, 0.29) is 29.6 Å². The third kappa shape index (κ3) is 2.46. The first-order valence-electron chi connectivity index (χ1n) is 11.3. The number of carbonyl (C=O) groups is 2. The van der Waals surface area contributed by atoms with E-state index in [2.05, 4.69) is 23.2 Å². The van der Waals surface area contributed by atoms with Gasteiger partial charge in [0.25, 0.3) is 0 Å². The topological polar surface area (TPSA) is 53.2 Å². The maximum Gasteiger partial charge on any atom is 0.243 e. The Balaban J connectivity index is 1.56. The Hall–Kier alpha value is -2.88. The zero-order chi connectivity index (χ0) is 20.2. The summed E-state index contributed by atoms with van der Waals surface area (Å²) in [5.41, 5.74) is 4.10. The highest BCUT2D eigenvalue weighted by molar-refractivity contribution is 6.24. The Kier molecular flexibility index (Phi) is 4.08. The average Bonchev–Trinajstić information content (AvgIpc) is 3.24. The lowest BCUT2D eigenvalue weighted by molar-refractivity contribution is -0.123. The zero-order valence-corrected chi connectivity index (χ0v) is 17.0. The standard InChI is InChI=1S/C26H26N2O2/c29-25-22-18-13-7-2-1-6-12-17(18)21-19-14-8-9-15-20(19)27-24(21)23(22)26(30)28(25)16-10-4-3-5-11-16/h3-5,8-11,14-15,17-18,22-23,27H,1-2,6-7,12-13H2/t17-,18-,22-,23-/m0/s1. The number of aromatic amines is 1. The summed E-state index contributed by atoms with van der Waals surface area (Å²) in [4.78, 5) is 32.5. The fourth-order valence-electron chi connectivity index (χ4n) is 6.39. The second-order valence-corrected chi connectivity index (χ2v) is 9.11. The molecule has 1 aliphatic heterocycles. The van der Waals surface area contributed by atoms with Crippen LogP contribution in [0.4, 0.5) is 5.69 Å². The highest BCUT2D eigenvalue weighted by Crippen LogP contribution is 2.56. The van der Waals surface area contributed by atoms with Crippen molar-refractivity contribution in [2.24, 2.45) is 11.8 Å². The van der Waals surface area contributed by atoms with Crippen LogP contribution in [0.15, 0.2) is 54.6 Å². The number of amides is 2. The second-order valence-electron chi connectivity index (χ2n) is 9.11. The number of para-hydroxylation sites is 2. The minimum Gasteiger partial charge on any atom is -0.357 e. The summed E-state index contributed by atoms with van der Waals surface area (Å²) in [6, 6.07) is 17.8. The number of rotatable bonds is 1. The quantitative estimate of drug-likeness (QED) is 0.550. The van der Waals surface area contributed by atoms with Gasteiger partial charge in [0.1, 0.15) is 0 Å². The van der Waals surface area contributed by atoms with Crippen LogP contribution >= 0.6 is 0 Å². The molecule has 1 saturated carbocycles. The molecule has 3 aliphatic rings. The van der Waals surface area contributed by atoms with Crippen molar-refractivity contribution in [2.45, 2.75) is 50.4 Å². The maximum absolute atomic E-state index is 13.7. The molecule has 0 spiro atoms. The van der Waals surface area contributed by atoms with E-state index in [0.29, 0.717) is 11.6 Å². The predicted molar refractivity (Wildman–Crippen MR) is 117 cm³/mol. The van der Waals surface area contributed by atoms with Gasteiger partial charge in [0.05, 0.1) is 17.5 Å². The van der Waals surface area contributed by atoms with Crippen molar-refractivity contribution in [1.29, 1.82) is 0 Å². The van der Waals surface area contributed by atoms with E-state index in [0.717, 1.165) is 30.5 Å². The largest absolute Gasteiger partial charge is 0.357 e. The van der Waals surface area contributed by atoms with Crippen molar-refractivity contribution in [2.75, 3.05) is 4.90 Å². The minimum atomic E-state index is -0.388. The second kappa shape index (κ2) is 6.83. The van der Waals surface area contributed by atoms with Crippen molar-refractivity contribution in [1.82, 2.24) is 4.98 Å². The number of carbonyl (C=O) groups excluding carboxylic acids is 2. The van der Waals surface area contributed by atoms with Crippen LogP contribution in [-0.4, -0.2) is 16.8 Å². The number of nitrogens with zero attached hydrogens (tertiary/aromatic N) is 1. The molecule has 4 heteroatoms. The Labute approximate surface area is 176 Å². The monoisotopic (exact) mass is 398 g/mol. The molecule has 152 valence electrons. The van der Waals surface area contributed by atoms with Gasteiger partial charge >= 0.3 is 0 Å². The molecule has 6 rings (SSSR count). The van der Waals surface area contributed by atoms with Gasteiger partial charge in [-0.05, 0) is 48.4 Å². The number of fused-ring (bicyclic) bond motifs is 8. The highest BCUT2D eigenvalue weighted by atomic mass is 16.2. The van der Waals surface area contributed by atoms with Gasteiger partial charge in [-0.1, -0.05) is 62.1 Å². The lowest BCUT2D eigenvalue weighted by atomic mass is 9.62. The Bertz CT molecular complexity index is 1130. The molecule has 2 heterocycles. The summed E-state index contributed by atoms with van der Waals surface area (Å²) in [5, 5.41) is 1.24. The highest BCUT2D eigenvalue weighted by Gasteiger charge is 2.58. The minimum absolute atomic E-state index is 0.00363. The van der Waals surface area contributed by atoms with Crippen molar-refractivity contribution < 1.29 is 9.59 Å². The molecule has 3 aromatic rings. The molecule has 2 fully saturated rings. The van der Waals surface area contributed by atoms with Gasteiger partial charge in [-0.3, -0.25) is 9.59 Å². The van der Waals surface area contributed by atoms with Gasteiger partial charge < -0.3 is 4.98 Å². The third-order valence-corrected chi connectivity index (χ3v) is 7.60. The molecule has 1 aromatic heterocycles. The number of aromatic nitrogens is 1. The Morgan fingerprint density at radius 1 is 0.800 bits per heavy atom. The number of hydrogen-bond acceptors (Lipinski definition) is 2. The van der Waals surface area contributed by atoms with Gasteiger partial charge in [0.2, 0.25) is 11.8 Å². The van der Waals surface area contributed by atoms with E-state index >= 15 is 0 Å². The molecule has 1 saturated heterocycles. The summed E-state index contributed by atoms with van der Waals surface area (Å²) < 4.78 is 0. The van der Waals surface area contributed by atoms with Crippen LogP contribution in [-0.2, 0) is 9.59 Å². The normalized spacial score (nSPS) is 28.6. The molecular formula is C26H26N2O2. The Morgan fingerprint density at radius 2 is 1.53 bits per heavy atom. The van der Waals surface area contributed by atoms with Gasteiger partial charge in [-0.25, -0.2) is 4.90 Å². The number of nitrogens with one attached hydrogen (secondary N) is 1. The van der Waals surface area contributed by atoms with E-state index < -0.39 is 0 Å². The lowest BCUT2D eigenvalue weighted by Crippen LogP contribution is -2.36. The van der Waals surface area contributed by atoms with E-state index in [1.807, 2.05) is 36.4 Å². The van der Waals surface area contributed by atoms with Crippen LogP contribution < -0.4 is 4.90 Å². The van der Waals surface area contributed by atoms with Crippen LogP contribution in [0, 0.1) is 11.8 Å². The van der Waals surface area contributed by atoms with E-state index in [9.17, 15) is 9.59 Å². The fraction of sp³-hybridized carbons (Fsp3) is 0.385. The fourth-order valence-corrected chi connectivity index (χ4v) is 6.39. The average molecular weight is 399 g/mol. The predicted octanol–water partition coefficient (Wildman–Crippen LogP) is 5.51. The molecule has 0 radical (unpaired) electrons. The molecule has 30 heavy (non-hydrogen) atoms. The smallest absolute Gasteiger partial charge is 0.243 e. The van der Waals surface area contributed by atoms with Crippen LogP contribution in [0.3, 0.4) is 0 Å². The molecular weight excluding hydrogens is 372 g/mol. The first-order chi connectivity index (χ1) is 14.8. The van der Waals surface area contributed by atoms with E-state index in [1.54, 1.807) is 0 Å². The van der Waals surface area contributed by atoms with Crippen LogP contribution in [0.1, 0.15) is 61.6 Å². The molecule has 0 unspecified atom stereocenters. The summed E-state index contributed by atoms with van der Waals surface area (Å²) in [6.07, 6.45) is 6.97. The van der Waals surface area contributed by atoms with Crippen LogP contribution in [0.5, 0.6) is 0 Å². The van der Waals surface area contributed by atoms with Crippen LogP contribution in [0.25, 0.3) is 10.9 Å². The van der Waals surface area contributed by atoms with Crippen molar-refractivity contribution in [3.8, 4) is 0 Å². The van der Waals surface area contributed by atoms with E-state index in [4.69, 9.17) is 0 Å². The van der Waals surface area contributed by atoms with Crippen molar-refractivity contribution in [3.63, 3.8) is 0 Å². The number of anilines is 1. The number of hydrogen-bond donors (Lipinski definition) is 1. The summed E-state index contributed by atoms with van der Waals surface area (Å²) in [5.74, 6) is -0.111. The molecule has 4 atom stereocenters. The number of H-pyrrole nitrogens is 1. The van der Waals surface area contributed by atoms with Crippen molar-refractivity contribution >= 4 is 28.4 Å². The Morgan fingerprint density at radius 3 is 2.37 bits per heavy atom. The first kappa shape index (κ1) is 17.9. The summed E-state index contributed by atoms with van der Waals surface area (Å²) >= 11 is 0. The maximum atomic E-state index is 13.7. The molecule has 2 amide bonds. The zero-order valence-electron chi connectivity index (χ0n) is 17.0. The van der Waals surface area contributed by atoms with Gasteiger partial charge in [-0.15, -0.1) is 0 Å². The van der Waals surface area contributed by atoms with Gasteiger partial charge in [-0.2, -0.15) is 0 Å². The first-order valence-corrected chi connectivity index (χ1v) is 11.3. The summed E-state index contributed by atoms with van der Waals surface area (Å²) in [6.45, 7) is 0.